The fourth-order valence-electron chi connectivity index (χ4n) is 1.54. The topological polar surface area (TPSA) is 239 Å². The van der Waals surface area contributed by atoms with Crippen molar-refractivity contribution in [2.75, 3.05) is 39.6 Å². The van der Waals surface area contributed by atoms with Crippen molar-refractivity contribution in [3.05, 3.63) is 35.4 Å². The number of rotatable bonds is 12. The van der Waals surface area contributed by atoms with E-state index in [2.05, 4.69) is 4.74 Å². The summed E-state index contributed by atoms with van der Waals surface area (Å²) in [5.41, 5.74) is 0.167. The molecule has 0 amide bonds. The van der Waals surface area contributed by atoms with Gasteiger partial charge in [-0.15, -0.1) is 0 Å². The van der Waals surface area contributed by atoms with Gasteiger partial charge in [0.15, 0.2) is 0 Å². The molecule has 8 N–H and O–H groups in total. The van der Waals surface area contributed by atoms with E-state index >= 15 is 0 Å². The first kappa shape index (κ1) is 34.5. The largest absolute Gasteiger partial charge is 0.481 e. The van der Waals surface area contributed by atoms with Gasteiger partial charge in [0, 0.05) is 12.8 Å². The summed E-state index contributed by atoms with van der Waals surface area (Å²) in [5.74, 6) is -3.87. The average molecular weight is 480 g/mol. The fourth-order valence-corrected chi connectivity index (χ4v) is 1.54. The third kappa shape index (κ3) is 28.9. The van der Waals surface area contributed by atoms with Crippen LogP contribution in [0.25, 0.3) is 0 Å². The minimum absolute atomic E-state index is 0.0278. The minimum atomic E-state index is -1.06. The van der Waals surface area contributed by atoms with Crippen LogP contribution in [-0.4, -0.2) is 104 Å². The number of carboxylic acid groups (broad SMARTS) is 4. The monoisotopic (exact) mass is 480 g/mol. The summed E-state index contributed by atoms with van der Waals surface area (Å²) in [5, 5.41) is 64.6. The summed E-state index contributed by atoms with van der Waals surface area (Å²) in [4.78, 5) is 40.5. The molecular weight excluding hydrogens is 448 g/mol. The predicted octanol–water partition coefficient (Wildman–Crippen LogP) is -0.242. The van der Waals surface area contributed by atoms with Gasteiger partial charge in [0.25, 0.3) is 0 Å². The molecule has 0 unspecified atom stereocenters. The lowest BCUT2D eigenvalue weighted by atomic mass is 10.1. The molecule has 13 nitrogen and oxygen atoms in total. The number of carbonyl (C=O) groups is 4. The Morgan fingerprint density at radius 2 is 0.879 bits per heavy atom. The molecular formula is C20H32O13. The first-order valence-electron chi connectivity index (χ1n) is 9.58. The van der Waals surface area contributed by atoms with Gasteiger partial charge in [-0.05, 0) is 37.1 Å². The second kappa shape index (κ2) is 25.2. The Bertz CT molecular complexity index is 589. The van der Waals surface area contributed by atoms with E-state index in [0.717, 1.165) is 0 Å². The van der Waals surface area contributed by atoms with Gasteiger partial charge >= 0.3 is 23.9 Å². The number of hydrogen-bond acceptors (Lipinski definition) is 9. The summed E-state index contributed by atoms with van der Waals surface area (Å²) in [7, 11) is 0. The number of aliphatic carboxylic acids is 2. The molecule has 0 aliphatic heterocycles. The van der Waals surface area contributed by atoms with Crippen molar-refractivity contribution in [1.82, 2.24) is 0 Å². The van der Waals surface area contributed by atoms with Crippen LogP contribution in [0.2, 0.25) is 0 Å². The van der Waals surface area contributed by atoms with E-state index in [1.807, 2.05) is 0 Å². The Morgan fingerprint density at radius 1 is 0.576 bits per heavy atom. The third-order valence-corrected chi connectivity index (χ3v) is 2.98. The molecule has 0 spiro atoms. The lowest BCUT2D eigenvalue weighted by Gasteiger charge is -1.94. The Hall–Kier alpha value is -3.10. The molecule has 0 atom stereocenters. The Kier molecular flexibility index (Phi) is 26.3. The van der Waals surface area contributed by atoms with Gasteiger partial charge in [0.05, 0.1) is 50.8 Å². The zero-order valence-electron chi connectivity index (χ0n) is 18.0. The average Bonchev–Trinajstić information content (AvgIpc) is 2.78. The van der Waals surface area contributed by atoms with Crippen molar-refractivity contribution >= 4 is 23.9 Å². The van der Waals surface area contributed by atoms with E-state index in [4.69, 9.17) is 40.9 Å². The Morgan fingerprint density at radius 3 is 1.06 bits per heavy atom. The summed E-state index contributed by atoms with van der Waals surface area (Å²) in [6, 6.07) is 5.02. The van der Waals surface area contributed by atoms with Gasteiger partial charge in [-0.1, -0.05) is 0 Å². The highest BCUT2D eigenvalue weighted by Gasteiger charge is 2.04. The molecule has 0 heterocycles. The highest BCUT2D eigenvalue weighted by atomic mass is 16.5. The maximum absolute atomic E-state index is 10.3. The van der Waals surface area contributed by atoms with E-state index in [0.29, 0.717) is 26.1 Å². The first-order valence-corrected chi connectivity index (χ1v) is 9.58. The molecule has 13 heteroatoms. The van der Waals surface area contributed by atoms with Crippen molar-refractivity contribution in [2.24, 2.45) is 0 Å². The summed E-state index contributed by atoms with van der Waals surface area (Å²) in [6.07, 6.45) is 1.02. The minimum Gasteiger partial charge on any atom is -0.481 e. The number of unbranched alkanes of at least 4 members (excludes halogenated alkanes) is 1. The van der Waals surface area contributed by atoms with Crippen LogP contribution in [0.5, 0.6) is 0 Å². The molecule has 0 saturated carbocycles. The Balaban J connectivity index is -0.000000389. The van der Waals surface area contributed by atoms with Crippen molar-refractivity contribution in [1.29, 1.82) is 0 Å². The molecule has 0 radical (unpaired) electrons. The molecule has 0 aliphatic carbocycles. The van der Waals surface area contributed by atoms with E-state index in [1.54, 1.807) is 0 Å². The van der Waals surface area contributed by atoms with Crippen LogP contribution in [0, 0.1) is 0 Å². The highest BCUT2D eigenvalue weighted by Crippen LogP contribution is 2.03. The van der Waals surface area contributed by atoms with Crippen LogP contribution in [-0.2, 0) is 14.3 Å². The zero-order valence-corrected chi connectivity index (χ0v) is 18.0. The quantitative estimate of drug-likeness (QED) is 0.180. The second-order valence-electron chi connectivity index (χ2n) is 5.69. The smallest absolute Gasteiger partial charge is 0.335 e. The molecule has 0 saturated heterocycles. The molecule has 190 valence electrons. The van der Waals surface area contributed by atoms with Crippen LogP contribution in [0.15, 0.2) is 24.3 Å². The standard InChI is InChI=1S/C8H6O4.C6H10O4.C4H10O3.C2H6O2/c9-7(10)5-1-2-6(4-3-5)8(11)12;7-5(8)3-1-2-4-6(9)10;5-1-3-7-4-2-6;3-1-2-4/h1-4H,(H,9,10)(H,11,12);1-4H2,(H,7,8)(H,9,10);5-6H,1-4H2;3-4H,1-2H2. The van der Waals surface area contributed by atoms with Crippen LogP contribution in [0.4, 0.5) is 0 Å². The number of aromatic carboxylic acids is 2. The number of carboxylic acids is 4. The normalized spacial score (nSPS) is 9.09. The van der Waals surface area contributed by atoms with Crippen LogP contribution in [0.1, 0.15) is 46.4 Å². The molecule has 33 heavy (non-hydrogen) atoms. The van der Waals surface area contributed by atoms with E-state index in [-0.39, 0.29) is 50.4 Å². The van der Waals surface area contributed by atoms with Gasteiger partial charge in [0.2, 0.25) is 0 Å². The predicted molar refractivity (Wildman–Crippen MR) is 113 cm³/mol. The third-order valence-electron chi connectivity index (χ3n) is 2.98. The van der Waals surface area contributed by atoms with Gasteiger partial charge in [-0.25, -0.2) is 9.59 Å². The molecule has 0 aromatic heterocycles. The SMILES string of the molecule is O=C(O)CCCCC(=O)O.O=C(O)c1ccc(C(=O)O)cc1.OCCO.OCCOCCO. The second-order valence-corrected chi connectivity index (χ2v) is 5.69. The number of ether oxygens (including phenoxy) is 1. The van der Waals surface area contributed by atoms with Crippen molar-refractivity contribution in [3.8, 4) is 0 Å². The van der Waals surface area contributed by atoms with Gasteiger partial charge < -0.3 is 45.6 Å². The van der Waals surface area contributed by atoms with Gasteiger partial charge in [0.1, 0.15) is 0 Å². The Labute approximate surface area is 190 Å². The van der Waals surface area contributed by atoms with Gasteiger partial charge in [-0.2, -0.15) is 0 Å². The van der Waals surface area contributed by atoms with Crippen molar-refractivity contribution in [3.63, 3.8) is 0 Å². The molecule has 1 rings (SSSR count). The lowest BCUT2D eigenvalue weighted by molar-refractivity contribution is -0.139. The summed E-state index contributed by atoms with van der Waals surface area (Å²) in [6.45, 7) is 0.446. The number of aliphatic hydroxyl groups is 4. The van der Waals surface area contributed by atoms with Crippen molar-refractivity contribution in [2.45, 2.75) is 25.7 Å². The zero-order chi connectivity index (χ0) is 26.1. The van der Waals surface area contributed by atoms with E-state index in [1.165, 1.54) is 24.3 Å². The number of aliphatic hydroxyl groups excluding tert-OH is 4. The molecule has 0 fully saturated rings. The number of hydrogen-bond donors (Lipinski definition) is 8. The fraction of sp³-hybridized carbons (Fsp3) is 0.500. The molecule has 1 aromatic rings. The first-order chi connectivity index (χ1) is 15.6. The van der Waals surface area contributed by atoms with Crippen LogP contribution >= 0.6 is 0 Å². The highest BCUT2D eigenvalue weighted by molar-refractivity contribution is 5.91. The summed E-state index contributed by atoms with van der Waals surface area (Å²) < 4.78 is 4.63. The maximum Gasteiger partial charge on any atom is 0.335 e. The van der Waals surface area contributed by atoms with Crippen LogP contribution < -0.4 is 0 Å². The van der Waals surface area contributed by atoms with Crippen LogP contribution in [0.3, 0.4) is 0 Å². The van der Waals surface area contributed by atoms with Crippen molar-refractivity contribution < 1.29 is 64.8 Å². The van der Waals surface area contributed by atoms with Gasteiger partial charge in [-0.3, -0.25) is 9.59 Å². The molecule has 0 aliphatic rings. The lowest BCUT2D eigenvalue weighted by Crippen LogP contribution is -2.03. The van der Waals surface area contributed by atoms with E-state index < -0.39 is 23.9 Å². The van der Waals surface area contributed by atoms with E-state index in [9.17, 15) is 19.2 Å². The number of benzene rings is 1. The summed E-state index contributed by atoms with van der Waals surface area (Å²) >= 11 is 0. The maximum atomic E-state index is 10.3. The molecule has 1 aromatic carbocycles. The molecule has 0 bridgehead atoms.